The van der Waals surface area contributed by atoms with Gasteiger partial charge in [-0.15, -0.1) is 13.2 Å². The Balaban J connectivity index is 1.57. The third kappa shape index (κ3) is 5.05. The van der Waals surface area contributed by atoms with E-state index in [1.54, 1.807) is 4.90 Å². The van der Waals surface area contributed by atoms with Gasteiger partial charge in [-0.1, -0.05) is 30.3 Å². The van der Waals surface area contributed by atoms with Gasteiger partial charge in [0.2, 0.25) is 5.91 Å². The van der Waals surface area contributed by atoms with Gasteiger partial charge in [0.25, 0.3) is 0 Å². The number of aliphatic hydroxyl groups excluding tert-OH is 2. The van der Waals surface area contributed by atoms with Crippen molar-refractivity contribution in [2.45, 2.75) is 43.6 Å². The van der Waals surface area contributed by atoms with Gasteiger partial charge in [0.05, 0.1) is 24.1 Å². The molecule has 0 aromatic heterocycles. The number of hydrogen-bond donors (Lipinski definition) is 4. The lowest BCUT2D eigenvalue weighted by molar-refractivity contribution is -0.274. The average molecular weight is 481 g/mol. The fourth-order valence-corrected chi connectivity index (χ4v) is 4.73. The Kier molecular flexibility index (Phi) is 6.46. The van der Waals surface area contributed by atoms with Crippen molar-refractivity contribution >= 4 is 28.9 Å². The van der Waals surface area contributed by atoms with Gasteiger partial charge >= 0.3 is 6.36 Å². The zero-order chi connectivity index (χ0) is 23.8. The summed E-state index contributed by atoms with van der Waals surface area (Å²) in [6.07, 6.45) is -7.14. The van der Waals surface area contributed by atoms with E-state index in [1.807, 2.05) is 30.3 Å². The summed E-state index contributed by atoms with van der Waals surface area (Å²) in [4.78, 5) is 14.7. The van der Waals surface area contributed by atoms with Crippen molar-refractivity contribution in [3.63, 3.8) is 0 Å². The van der Waals surface area contributed by atoms with Gasteiger partial charge in [-0.3, -0.25) is 4.79 Å². The maximum Gasteiger partial charge on any atom is 0.573 e. The lowest BCUT2D eigenvalue weighted by Gasteiger charge is -2.41. The molecule has 4 N–H and O–H groups in total. The first-order valence-electron chi connectivity index (χ1n) is 10.3. The highest BCUT2D eigenvalue weighted by atomic mass is 32.1. The number of ether oxygens (including phenoxy) is 1. The second kappa shape index (κ2) is 9.16. The van der Waals surface area contributed by atoms with Crippen LogP contribution in [0.3, 0.4) is 0 Å². The summed E-state index contributed by atoms with van der Waals surface area (Å²) >= 11 is 5.41. The van der Waals surface area contributed by atoms with Crippen molar-refractivity contribution < 1.29 is 32.9 Å². The van der Waals surface area contributed by atoms with Crippen LogP contribution in [-0.2, 0) is 11.3 Å². The Morgan fingerprint density at radius 2 is 1.82 bits per heavy atom. The molecule has 1 aliphatic heterocycles. The molecule has 1 saturated carbocycles. The number of carbonyl (C=O) groups is 1. The number of alkyl halides is 3. The highest BCUT2D eigenvalue weighted by Crippen LogP contribution is 2.37. The van der Waals surface area contributed by atoms with Gasteiger partial charge in [0.15, 0.2) is 5.11 Å². The molecule has 5 unspecified atom stereocenters. The van der Waals surface area contributed by atoms with E-state index in [0.717, 1.165) is 17.7 Å². The normalized spacial score (nSPS) is 27.0. The van der Waals surface area contributed by atoms with Crippen LogP contribution in [0.1, 0.15) is 12.0 Å². The smallest absolute Gasteiger partial charge is 0.406 e. The van der Waals surface area contributed by atoms with Crippen LogP contribution < -0.4 is 20.3 Å². The van der Waals surface area contributed by atoms with E-state index in [0.29, 0.717) is 5.69 Å². The largest absolute Gasteiger partial charge is 0.573 e. The number of amides is 1. The van der Waals surface area contributed by atoms with Crippen LogP contribution in [0.15, 0.2) is 54.6 Å². The van der Waals surface area contributed by atoms with Gasteiger partial charge in [-0.25, -0.2) is 0 Å². The molecule has 1 amide bonds. The Morgan fingerprint density at radius 3 is 2.45 bits per heavy atom. The molecule has 0 radical (unpaired) electrons. The summed E-state index contributed by atoms with van der Waals surface area (Å²) < 4.78 is 41.4. The molecule has 176 valence electrons. The SMILES string of the molecule is O=C(NCc1ccccc1)C1CC(O)C(O)C2NC(=S)N(c3ccc(OC(F)(F)F)cc3)C12. The first kappa shape index (κ1) is 23.3. The number of benzene rings is 2. The second-order valence-corrected chi connectivity index (χ2v) is 8.37. The van der Waals surface area contributed by atoms with E-state index < -0.39 is 42.3 Å². The third-order valence-electron chi connectivity index (χ3n) is 5.84. The summed E-state index contributed by atoms with van der Waals surface area (Å²) in [6.45, 7) is 0.285. The fourth-order valence-electron chi connectivity index (χ4n) is 4.37. The number of hydrogen-bond acceptors (Lipinski definition) is 5. The van der Waals surface area contributed by atoms with E-state index in [2.05, 4.69) is 15.4 Å². The molecule has 33 heavy (non-hydrogen) atoms. The molecule has 5 atom stereocenters. The molecule has 1 saturated heterocycles. The molecule has 2 aromatic carbocycles. The van der Waals surface area contributed by atoms with Crippen LogP contribution in [-0.4, -0.2) is 51.9 Å². The molecule has 2 aliphatic rings. The summed E-state index contributed by atoms with van der Waals surface area (Å²) in [5.74, 6) is -1.46. The Bertz CT molecular complexity index is 1010. The second-order valence-electron chi connectivity index (χ2n) is 7.98. The first-order chi connectivity index (χ1) is 15.6. The average Bonchev–Trinajstić information content (AvgIpc) is 3.12. The summed E-state index contributed by atoms with van der Waals surface area (Å²) in [5.41, 5.74) is 1.33. The first-order valence-corrected chi connectivity index (χ1v) is 10.7. The molecule has 1 aliphatic carbocycles. The summed E-state index contributed by atoms with van der Waals surface area (Å²) in [7, 11) is 0. The molecule has 2 fully saturated rings. The third-order valence-corrected chi connectivity index (χ3v) is 6.15. The number of anilines is 1. The molecule has 2 aromatic rings. The van der Waals surface area contributed by atoms with Crippen LogP contribution >= 0.6 is 12.2 Å². The van der Waals surface area contributed by atoms with E-state index in [4.69, 9.17) is 12.2 Å². The highest BCUT2D eigenvalue weighted by molar-refractivity contribution is 7.80. The van der Waals surface area contributed by atoms with Gasteiger partial charge in [-0.05, 0) is 48.5 Å². The van der Waals surface area contributed by atoms with E-state index in [-0.39, 0.29) is 24.0 Å². The van der Waals surface area contributed by atoms with Crippen LogP contribution in [0.2, 0.25) is 0 Å². The van der Waals surface area contributed by atoms with Crippen LogP contribution in [0.5, 0.6) is 5.75 Å². The van der Waals surface area contributed by atoms with Crippen molar-refractivity contribution in [1.29, 1.82) is 0 Å². The van der Waals surface area contributed by atoms with Gasteiger partial charge in [0, 0.05) is 12.2 Å². The van der Waals surface area contributed by atoms with Gasteiger partial charge in [-0.2, -0.15) is 0 Å². The molecule has 7 nitrogen and oxygen atoms in total. The molecular formula is C22H22F3N3O4S. The quantitative estimate of drug-likeness (QED) is 0.486. The zero-order valence-corrected chi connectivity index (χ0v) is 18.0. The minimum atomic E-state index is -4.82. The lowest BCUT2D eigenvalue weighted by atomic mass is 9.77. The number of rotatable bonds is 5. The lowest BCUT2D eigenvalue weighted by Crippen LogP contribution is -2.60. The number of carbonyl (C=O) groups excluding carboxylic acids is 1. The minimum Gasteiger partial charge on any atom is -0.406 e. The van der Waals surface area contributed by atoms with Crippen molar-refractivity contribution in [3.8, 4) is 5.75 Å². The number of thiocarbonyl (C=S) groups is 1. The molecule has 11 heteroatoms. The number of aliphatic hydroxyl groups is 2. The number of nitrogens with one attached hydrogen (secondary N) is 2. The maximum absolute atomic E-state index is 13.1. The zero-order valence-electron chi connectivity index (χ0n) is 17.2. The van der Waals surface area contributed by atoms with Crippen LogP contribution in [0.25, 0.3) is 0 Å². The van der Waals surface area contributed by atoms with Crippen molar-refractivity contribution in [2.75, 3.05) is 4.90 Å². The summed E-state index contributed by atoms with van der Waals surface area (Å²) in [6, 6.07) is 13.0. The van der Waals surface area contributed by atoms with E-state index >= 15 is 0 Å². The van der Waals surface area contributed by atoms with Crippen molar-refractivity contribution in [1.82, 2.24) is 10.6 Å². The fraction of sp³-hybridized carbons (Fsp3) is 0.364. The van der Waals surface area contributed by atoms with Crippen molar-refractivity contribution in [2.24, 2.45) is 5.92 Å². The predicted octanol–water partition coefficient (Wildman–Crippen LogP) is 2.07. The van der Waals surface area contributed by atoms with Crippen LogP contribution in [0.4, 0.5) is 18.9 Å². The maximum atomic E-state index is 13.1. The Morgan fingerprint density at radius 1 is 1.15 bits per heavy atom. The molecular weight excluding hydrogens is 459 g/mol. The number of fused-ring (bicyclic) bond motifs is 1. The number of nitrogens with zero attached hydrogens (tertiary/aromatic N) is 1. The van der Waals surface area contributed by atoms with Gasteiger partial charge in [0.1, 0.15) is 11.9 Å². The Labute approximate surface area is 193 Å². The van der Waals surface area contributed by atoms with Crippen LogP contribution in [0, 0.1) is 5.92 Å². The standard InChI is InChI=1S/C22H22F3N3O4S/c23-22(24,25)32-14-8-6-13(7-9-14)28-18-15(10-16(29)19(30)17(18)27-21(28)33)20(31)26-11-12-4-2-1-3-5-12/h1-9,15-19,29-30H,10-11H2,(H,26,31)(H,27,33). The highest BCUT2D eigenvalue weighted by Gasteiger charge is 2.53. The summed E-state index contributed by atoms with van der Waals surface area (Å²) in [5, 5.41) is 26.9. The predicted molar refractivity (Wildman–Crippen MR) is 117 cm³/mol. The van der Waals surface area contributed by atoms with Crippen molar-refractivity contribution in [3.05, 3.63) is 60.2 Å². The van der Waals surface area contributed by atoms with Gasteiger partial charge < -0.3 is 30.5 Å². The monoisotopic (exact) mass is 481 g/mol. The topological polar surface area (TPSA) is 94.1 Å². The van der Waals surface area contributed by atoms with E-state index in [1.165, 1.54) is 12.1 Å². The number of halogens is 3. The Hall–Kier alpha value is -2.89. The molecule has 0 bridgehead atoms. The molecule has 1 heterocycles. The van der Waals surface area contributed by atoms with E-state index in [9.17, 15) is 28.2 Å². The molecule has 4 rings (SSSR count). The molecule has 0 spiro atoms. The minimum absolute atomic E-state index is 0.000974.